The molecule has 0 unspecified atom stereocenters. The van der Waals surface area contributed by atoms with Gasteiger partial charge in [0.2, 0.25) is 10.0 Å². The number of sulfonamides is 1. The molecule has 2 saturated heterocycles. The number of morpholine rings is 1. The molecule has 5 heterocycles. The zero-order valence-corrected chi connectivity index (χ0v) is 20.5. The van der Waals surface area contributed by atoms with Crippen molar-refractivity contribution < 1.29 is 31.8 Å². The van der Waals surface area contributed by atoms with Gasteiger partial charge in [-0.05, 0) is 19.9 Å². The van der Waals surface area contributed by atoms with Gasteiger partial charge < -0.3 is 19.5 Å². The van der Waals surface area contributed by atoms with Gasteiger partial charge in [-0.25, -0.2) is 26.9 Å². The van der Waals surface area contributed by atoms with Gasteiger partial charge in [0.1, 0.15) is 4.90 Å². The molecule has 190 valence electrons. The monoisotopic (exact) mass is 530 g/mol. The van der Waals surface area contributed by atoms with Gasteiger partial charge in [-0.2, -0.15) is 0 Å². The van der Waals surface area contributed by atoms with Crippen LogP contribution in [0.5, 0.6) is 0 Å². The Morgan fingerprint density at radius 1 is 1.37 bits per heavy atom. The lowest BCUT2D eigenvalue weighted by molar-refractivity contribution is -0.0523. The number of hydrogen-bond donors (Lipinski definition) is 2. The Morgan fingerprint density at radius 2 is 2.14 bits per heavy atom. The maximum Gasteiger partial charge on any atom is 0.291 e. The molecule has 35 heavy (non-hydrogen) atoms. The highest BCUT2D eigenvalue weighted by Gasteiger charge is 2.38. The third-order valence-electron chi connectivity index (χ3n) is 5.96. The molecule has 0 aromatic carbocycles. The zero-order chi connectivity index (χ0) is 25.0. The van der Waals surface area contributed by atoms with Gasteiger partial charge in [0.25, 0.3) is 6.43 Å². The van der Waals surface area contributed by atoms with Crippen LogP contribution < -0.4 is 9.62 Å². The van der Waals surface area contributed by atoms with Crippen molar-refractivity contribution in [1.29, 1.82) is 0 Å². The number of halogens is 2. The molecule has 2 atom stereocenters. The Labute approximate surface area is 203 Å². The molecule has 15 heteroatoms. The highest BCUT2D eigenvalue weighted by Crippen LogP contribution is 2.35. The first-order valence-electron chi connectivity index (χ1n) is 10.8. The van der Waals surface area contributed by atoms with Crippen molar-refractivity contribution in [2.75, 3.05) is 37.9 Å². The number of fused-ring (bicyclic) bond motifs is 1. The minimum atomic E-state index is -3.99. The Kier molecular flexibility index (Phi) is 6.26. The van der Waals surface area contributed by atoms with Crippen molar-refractivity contribution in [1.82, 2.24) is 24.3 Å². The van der Waals surface area contributed by atoms with Gasteiger partial charge in [0.05, 0.1) is 55.5 Å². The summed E-state index contributed by atoms with van der Waals surface area (Å²) in [5.41, 5.74) is 0.372. The molecule has 2 fully saturated rings. The maximum atomic E-state index is 13.4. The van der Waals surface area contributed by atoms with E-state index >= 15 is 0 Å². The fourth-order valence-electron chi connectivity index (χ4n) is 4.12. The molecule has 2 aliphatic rings. The average Bonchev–Trinajstić information content (AvgIpc) is 3.45. The predicted molar refractivity (Wildman–Crippen MR) is 122 cm³/mol. The van der Waals surface area contributed by atoms with Gasteiger partial charge in [-0.15, -0.1) is 10.2 Å². The molecule has 2 N–H and O–H groups in total. The van der Waals surface area contributed by atoms with Crippen LogP contribution >= 0.6 is 11.3 Å². The number of ether oxygens (including phenoxy) is 2. The molecule has 0 radical (unpaired) electrons. The molecular weight excluding hydrogens is 506 g/mol. The first-order chi connectivity index (χ1) is 16.6. The minimum Gasteiger partial charge on any atom is -0.394 e. The summed E-state index contributed by atoms with van der Waals surface area (Å²) in [5, 5.41) is 16.7. The van der Waals surface area contributed by atoms with Crippen LogP contribution in [0.3, 0.4) is 0 Å². The summed E-state index contributed by atoms with van der Waals surface area (Å²) in [7, 11) is -3.99. The number of hydrogen-bond acceptors (Lipinski definition) is 10. The molecule has 3 aromatic rings. The molecule has 11 nitrogen and oxygen atoms in total. The van der Waals surface area contributed by atoms with Crippen LogP contribution in [-0.4, -0.2) is 83.8 Å². The summed E-state index contributed by atoms with van der Waals surface area (Å²) in [4.78, 5) is 6.28. The number of aromatic nitrogens is 4. The van der Waals surface area contributed by atoms with Crippen molar-refractivity contribution in [2.24, 2.45) is 0 Å². The predicted octanol–water partition coefficient (Wildman–Crippen LogP) is 1.44. The Hall–Kier alpha value is -2.30. The zero-order valence-electron chi connectivity index (χ0n) is 18.9. The van der Waals surface area contributed by atoms with Gasteiger partial charge in [-0.3, -0.25) is 4.40 Å². The van der Waals surface area contributed by atoms with Gasteiger partial charge in [0.15, 0.2) is 15.8 Å². The molecular formula is C20H24F2N6O5S2. The summed E-state index contributed by atoms with van der Waals surface area (Å²) >= 11 is 0.692. The summed E-state index contributed by atoms with van der Waals surface area (Å²) in [6.07, 6.45) is -0.298. The van der Waals surface area contributed by atoms with Crippen molar-refractivity contribution in [3.8, 4) is 10.8 Å². The number of aliphatic hydroxyl groups excluding tert-OH is 1. The second kappa shape index (κ2) is 8.97. The first-order valence-corrected chi connectivity index (χ1v) is 13.1. The van der Waals surface area contributed by atoms with Gasteiger partial charge in [0, 0.05) is 18.8 Å². The van der Waals surface area contributed by atoms with E-state index in [0.717, 1.165) is 0 Å². The number of nitrogens with zero attached hydrogens (tertiary/aromatic N) is 5. The highest BCUT2D eigenvalue weighted by molar-refractivity contribution is 7.89. The van der Waals surface area contributed by atoms with Crippen LogP contribution in [0.15, 0.2) is 23.4 Å². The molecule has 2 aliphatic heterocycles. The standard InChI is InChI=1S/C20H24F2N6O5S2/c1-11-8-33-12(7-29)5-27(11)14-3-13(35(30,31)26-20(2)9-32-10-20)6-28-15(14)4-23-17(28)19-25-24-18(34-19)16(21)22/h3-4,6,11-12,16,26,29H,5,7-10H2,1-2H3/t11-,12+/m0/s1. The van der Waals surface area contributed by atoms with E-state index in [2.05, 4.69) is 19.9 Å². The third kappa shape index (κ3) is 4.51. The van der Waals surface area contributed by atoms with E-state index in [9.17, 15) is 22.3 Å². The average molecular weight is 531 g/mol. The SMILES string of the molecule is C[C@H]1CO[C@@H](CO)CN1c1cc(S(=O)(=O)NC2(C)COC2)cn2c(-c3nnc(C(F)F)s3)ncc12. The molecule has 0 bridgehead atoms. The van der Waals surface area contributed by atoms with Crippen LogP contribution in [0.1, 0.15) is 25.3 Å². The lowest BCUT2D eigenvalue weighted by Gasteiger charge is -2.40. The lowest BCUT2D eigenvalue weighted by atomic mass is 10.0. The quantitative estimate of drug-likeness (QED) is 0.466. The number of nitrogens with one attached hydrogen (secondary N) is 1. The number of pyridine rings is 1. The Balaban J connectivity index is 1.66. The third-order valence-corrected chi connectivity index (χ3v) is 8.50. The van der Waals surface area contributed by atoms with E-state index in [1.807, 2.05) is 11.8 Å². The van der Waals surface area contributed by atoms with Gasteiger partial charge in [-0.1, -0.05) is 11.3 Å². The summed E-state index contributed by atoms with van der Waals surface area (Å²) in [6.45, 7) is 4.63. The summed E-state index contributed by atoms with van der Waals surface area (Å²) < 4.78 is 68.0. The molecule has 3 aromatic heterocycles. The number of anilines is 1. The van der Waals surface area contributed by atoms with E-state index in [0.29, 0.717) is 35.7 Å². The maximum absolute atomic E-state index is 13.4. The Morgan fingerprint density at radius 3 is 2.77 bits per heavy atom. The van der Waals surface area contributed by atoms with Crippen molar-refractivity contribution in [2.45, 2.75) is 42.9 Å². The fourth-order valence-corrected chi connectivity index (χ4v) is 6.20. The van der Waals surface area contributed by atoms with Crippen molar-refractivity contribution in [3.05, 3.63) is 23.5 Å². The molecule has 0 aliphatic carbocycles. The molecule has 0 saturated carbocycles. The second-order valence-corrected chi connectivity index (χ2v) is 11.6. The second-order valence-electron chi connectivity index (χ2n) is 8.94. The van der Waals surface area contributed by atoms with Crippen LogP contribution in [0.2, 0.25) is 0 Å². The summed E-state index contributed by atoms with van der Waals surface area (Å²) in [5.74, 6) is 0.195. The van der Waals surface area contributed by atoms with E-state index in [4.69, 9.17) is 9.47 Å². The number of rotatable bonds is 7. The fraction of sp³-hybridized carbons (Fsp3) is 0.550. The molecule has 0 amide bonds. The largest absolute Gasteiger partial charge is 0.394 e. The first kappa shape index (κ1) is 24.4. The van der Waals surface area contributed by atoms with Crippen molar-refractivity contribution in [3.63, 3.8) is 0 Å². The summed E-state index contributed by atoms with van der Waals surface area (Å²) in [6, 6.07) is 1.42. The number of alkyl halides is 2. The normalized spacial score (nSPS) is 22.6. The number of imidazole rings is 1. The molecule has 5 rings (SSSR count). The topological polar surface area (TPSA) is 131 Å². The van der Waals surface area contributed by atoms with E-state index in [-0.39, 0.29) is 41.6 Å². The van der Waals surface area contributed by atoms with Crippen LogP contribution in [0.4, 0.5) is 14.5 Å². The highest BCUT2D eigenvalue weighted by atomic mass is 32.2. The Bertz CT molecular complexity index is 1340. The van der Waals surface area contributed by atoms with Crippen LogP contribution in [0.25, 0.3) is 16.3 Å². The lowest BCUT2D eigenvalue weighted by Crippen LogP contribution is -2.59. The minimum absolute atomic E-state index is 0.0368. The van der Waals surface area contributed by atoms with E-state index < -0.39 is 33.1 Å². The van der Waals surface area contributed by atoms with Crippen LogP contribution in [0, 0.1) is 0 Å². The van der Waals surface area contributed by atoms with Crippen molar-refractivity contribution >= 4 is 32.6 Å². The number of aliphatic hydroxyl groups is 1. The smallest absolute Gasteiger partial charge is 0.291 e. The molecule has 0 spiro atoms. The van der Waals surface area contributed by atoms with E-state index in [1.54, 1.807) is 13.0 Å². The van der Waals surface area contributed by atoms with Gasteiger partial charge >= 0.3 is 0 Å². The van der Waals surface area contributed by atoms with E-state index in [1.165, 1.54) is 16.8 Å². The van der Waals surface area contributed by atoms with Crippen LogP contribution in [-0.2, 0) is 19.5 Å².